The smallest absolute Gasteiger partial charge is 0.219 e. The molecule has 0 bridgehead atoms. The minimum absolute atomic E-state index is 0.546. The maximum atomic E-state index is 5.68. The fraction of sp³-hybridized carbons (Fsp3) is 0.0833. The van der Waals surface area contributed by atoms with E-state index in [0.717, 1.165) is 15.9 Å². The molecule has 3 nitrogen and oxygen atoms in total. The molecule has 0 spiro atoms. The summed E-state index contributed by atoms with van der Waals surface area (Å²) in [4.78, 5) is 4.24. The molecule has 0 aliphatic rings. The van der Waals surface area contributed by atoms with E-state index in [-0.39, 0.29) is 0 Å². The van der Waals surface area contributed by atoms with E-state index in [1.807, 2.05) is 31.2 Å². The van der Waals surface area contributed by atoms with Crippen molar-refractivity contribution >= 4 is 21.6 Å². The number of benzene rings is 1. The lowest BCUT2D eigenvalue weighted by Crippen LogP contribution is -1.95. The average molecular weight is 279 g/mol. The molecule has 0 unspecified atom stereocenters. The van der Waals surface area contributed by atoms with Crippen LogP contribution < -0.4 is 10.5 Å². The van der Waals surface area contributed by atoms with E-state index < -0.39 is 0 Å². The van der Waals surface area contributed by atoms with Crippen LogP contribution in [0.5, 0.6) is 11.6 Å². The quantitative estimate of drug-likeness (QED) is 0.914. The first-order valence-electron chi connectivity index (χ1n) is 4.82. The largest absolute Gasteiger partial charge is 0.439 e. The summed E-state index contributed by atoms with van der Waals surface area (Å²) in [6.45, 7) is 1.85. The first-order valence-corrected chi connectivity index (χ1v) is 5.61. The van der Waals surface area contributed by atoms with E-state index >= 15 is 0 Å². The van der Waals surface area contributed by atoms with Gasteiger partial charge >= 0.3 is 0 Å². The third-order valence-corrected chi connectivity index (χ3v) is 2.61. The summed E-state index contributed by atoms with van der Waals surface area (Å²) in [7, 11) is 0. The molecule has 0 atom stereocenters. The minimum Gasteiger partial charge on any atom is -0.439 e. The van der Waals surface area contributed by atoms with Crippen molar-refractivity contribution < 1.29 is 4.74 Å². The van der Waals surface area contributed by atoms with Crippen molar-refractivity contribution in [2.45, 2.75) is 6.92 Å². The first kappa shape index (κ1) is 11.0. The monoisotopic (exact) mass is 278 g/mol. The van der Waals surface area contributed by atoms with E-state index in [9.17, 15) is 0 Å². The van der Waals surface area contributed by atoms with Crippen molar-refractivity contribution in [3.05, 3.63) is 46.6 Å². The number of halogens is 1. The van der Waals surface area contributed by atoms with Crippen molar-refractivity contribution in [1.82, 2.24) is 4.98 Å². The average Bonchev–Trinajstić information content (AvgIpc) is 2.24. The Hall–Kier alpha value is -1.55. The van der Waals surface area contributed by atoms with Crippen molar-refractivity contribution in [3.63, 3.8) is 0 Å². The number of ether oxygens (including phenoxy) is 1. The number of rotatable bonds is 2. The fourth-order valence-electron chi connectivity index (χ4n) is 1.26. The van der Waals surface area contributed by atoms with Crippen LogP contribution in [0.3, 0.4) is 0 Å². The van der Waals surface area contributed by atoms with Gasteiger partial charge in [-0.2, -0.15) is 0 Å². The second-order valence-corrected chi connectivity index (χ2v) is 4.30. The van der Waals surface area contributed by atoms with E-state index in [1.54, 1.807) is 12.1 Å². The lowest BCUT2D eigenvalue weighted by atomic mass is 10.3. The van der Waals surface area contributed by atoms with Gasteiger partial charge in [-0.3, -0.25) is 0 Å². The van der Waals surface area contributed by atoms with Crippen LogP contribution in [0.15, 0.2) is 40.9 Å². The number of hydrogen-bond acceptors (Lipinski definition) is 3. The zero-order valence-electron chi connectivity index (χ0n) is 8.77. The molecular weight excluding hydrogens is 268 g/mol. The minimum atomic E-state index is 0.546. The van der Waals surface area contributed by atoms with Crippen molar-refractivity contribution in [3.8, 4) is 11.6 Å². The zero-order chi connectivity index (χ0) is 11.5. The van der Waals surface area contributed by atoms with Gasteiger partial charge in [-0.25, -0.2) is 4.98 Å². The molecule has 0 fully saturated rings. The van der Waals surface area contributed by atoms with Gasteiger partial charge in [-0.05, 0) is 31.2 Å². The Kier molecular flexibility index (Phi) is 3.10. The van der Waals surface area contributed by atoms with Crippen LogP contribution in [-0.4, -0.2) is 4.98 Å². The van der Waals surface area contributed by atoms with Gasteiger partial charge in [0.05, 0.1) is 11.4 Å². The molecule has 0 saturated heterocycles. The third kappa shape index (κ3) is 2.52. The van der Waals surface area contributed by atoms with E-state index in [1.165, 1.54) is 0 Å². The Balaban J connectivity index is 2.24. The van der Waals surface area contributed by atoms with Crippen LogP contribution in [-0.2, 0) is 0 Å². The number of aromatic nitrogens is 1. The van der Waals surface area contributed by atoms with Gasteiger partial charge in [0.2, 0.25) is 5.88 Å². The normalized spacial score (nSPS) is 10.1. The summed E-state index contributed by atoms with van der Waals surface area (Å²) in [5.74, 6) is 1.29. The summed E-state index contributed by atoms with van der Waals surface area (Å²) in [5, 5.41) is 0. The summed E-state index contributed by atoms with van der Waals surface area (Å²) in [6, 6.07) is 11.1. The van der Waals surface area contributed by atoms with Crippen molar-refractivity contribution in [2.75, 3.05) is 5.73 Å². The van der Waals surface area contributed by atoms with Crippen LogP contribution in [0.1, 0.15) is 5.69 Å². The third-order valence-electron chi connectivity index (χ3n) is 2.12. The molecule has 2 N–H and O–H groups in total. The number of hydrogen-bond donors (Lipinski definition) is 1. The summed E-state index contributed by atoms with van der Waals surface area (Å²) >= 11 is 3.38. The van der Waals surface area contributed by atoms with Gasteiger partial charge in [-0.15, -0.1) is 0 Å². The molecule has 0 aliphatic heterocycles. The maximum Gasteiger partial charge on any atom is 0.219 e. The van der Waals surface area contributed by atoms with Crippen LogP contribution in [0.4, 0.5) is 5.69 Å². The number of nitrogens with two attached hydrogens (primary N) is 1. The molecule has 0 saturated carbocycles. The highest BCUT2D eigenvalue weighted by Crippen LogP contribution is 2.24. The number of pyridine rings is 1. The lowest BCUT2D eigenvalue weighted by molar-refractivity contribution is 0.461. The fourth-order valence-corrected chi connectivity index (χ4v) is 1.64. The Bertz CT molecular complexity index is 514. The molecule has 0 aliphatic carbocycles. The van der Waals surface area contributed by atoms with Gasteiger partial charge in [0.15, 0.2) is 0 Å². The van der Waals surface area contributed by atoms with Gasteiger partial charge in [0.1, 0.15) is 5.75 Å². The predicted molar refractivity (Wildman–Crippen MR) is 67.6 cm³/mol. The summed E-state index contributed by atoms with van der Waals surface area (Å²) < 4.78 is 6.57. The summed E-state index contributed by atoms with van der Waals surface area (Å²) in [6.07, 6.45) is 0. The van der Waals surface area contributed by atoms with Gasteiger partial charge in [0, 0.05) is 10.5 Å². The van der Waals surface area contributed by atoms with E-state index in [0.29, 0.717) is 11.6 Å². The Labute approximate surface area is 102 Å². The molecule has 2 rings (SSSR count). The number of nitrogens with zero attached hydrogens (tertiary/aromatic N) is 1. The molecule has 82 valence electrons. The molecule has 0 radical (unpaired) electrons. The summed E-state index contributed by atoms with van der Waals surface area (Å²) in [5.41, 5.74) is 7.12. The second kappa shape index (κ2) is 4.53. The van der Waals surface area contributed by atoms with Crippen molar-refractivity contribution in [2.24, 2.45) is 0 Å². The predicted octanol–water partition coefficient (Wildman–Crippen LogP) is 3.53. The number of aryl methyl sites for hydroxylation is 1. The van der Waals surface area contributed by atoms with Crippen LogP contribution >= 0.6 is 15.9 Å². The number of anilines is 1. The molecule has 4 heteroatoms. The highest BCUT2D eigenvalue weighted by molar-refractivity contribution is 9.10. The molecule has 0 amide bonds. The van der Waals surface area contributed by atoms with Gasteiger partial charge in [0.25, 0.3) is 0 Å². The zero-order valence-corrected chi connectivity index (χ0v) is 10.4. The SMILES string of the molecule is Cc1nc(Oc2cccc(Br)c2)ccc1N. The van der Waals surface area contributed by atoms with Crippen LogP contribution in [0.2, 0.25) is 0 Å². The topological polar surface area (TPSA) is 48.1 Å². The highest BCUT2D eigenvalue weighted by Gasteiger charge is 2.01. The van der Waals surface area contributed by atoms with E-state index in [2.05, 4.69) is 20.9 Å². The molecule has 16 heavy (non-hydrogen) atoms. The van der Waals surface area contributed by atoms with Crippen LogP contribution in [0, 0.1) is 6.92 Å². The Morgan fingerprint density at radius 2 is 2.06 bits per heavy atom. The Morgan fingerprint density at radius 3 is 2.75 bits per heavy atom. The van der Waals surface area contributed by atoms with Gasteiger partial charge < -0.3 is 10.5 Å². The maximum absolute atomic E-state index is 5.68. The molecule has 1 aromatic heterocycles. The Morgan fingerprint density at radius 1 is 1.25 bits per heavy atom. The molecule has 2 aromatic rings. The molecular formula is C12H11BrN2O. The highest BCUT2D eigenvalue weighted by atomic mass is 79.9. The number of nitrogen functional groups attached to an aromatic ring is 1. The van der Waals surface area contributed by atoms with E-state index in [4.69, 9.17) is 10.5 Å². The standard InChI is InChI=1S/C12H11BrN2O/c1-8-11(14)5-6-12(15-8)16-10-4-2-3-9(13)7-10/h2-7H,14H2,1H3. The van der Waals surface area contributed by atoms with Crippen LogP contribution in [0.25, 0.3) is 0 Å². The first-order chi connectivity index (χ1) is 7.65. The van der Waals surface area contributed by atoms with Gasteiger partial charge in [-0.1, -0.05) is 22.0 Å². The molecule has 1 heterocycles. The molecule has 1 aromatic carbocycles. The second-order valence-electron chi connectivity index (χ2n) is 3.38. The van der Waals surface area contributed by atoms with Crippen molar-refractivity contribution in [1.29, 1.82) is 0 Å². The lowest BCUT2D eigenvalue weighted by Gasteiger charge is -2.06.